The molecule has 21 heavy (non-hydrogen) atoms. The van der Waals surface area contributed by atoms with Crippen LogP contribution in [0.15, 0.2) is 18.2 Å². The highest BCUT2D eigenvalue weighted by atomic mass is 19.3. The van der Waals surface area contributed by atoms with Crippen molar-refractivity contribution in [1.82, 2.24) is 4.90 Å². The van der Waals surface area contributed by atoms with Crippen LogP contribution in [0.2, 0.25) is 0 Å². The van der Waals surface area contributed by atoms with Crippen LogP contribution in [0.3, 0.4) is 0 Å². The molecule has 1 aliphatic rings. The number of carbonyl (C=O) groups excluding carboxylic acids is 1. The van der Waals surface area contributed by atoms with Crippen molar-refractivity contribution in [2.45, 2.75) is 19.6 Å². The molecule has 0 bridgehead atoms. The summed E-state index contributed by atoms with van der Waals surface area (Å²) >= 11 is 0. The molecule has 1 heterocycles. The van der Waals surface area contributed by atoms with E-state index in [-0.39, 0.29) is 23.5 Å². The van der Waals surface area contributed by atoms with Gasteiger partial charge in [0.2, 0.25) is 0 Å². The van der Waals surface area contributed by atoms with Gasteiger partial charge < -0.3 is 19.1 Å². The van der Waals surface area contributed by atoms with E-state index >= 15 is 0 Å². The van der Waals surface area contributed by atoms with E-state index < -0.39 is 6.61 Å². The predicted octanol–water partition coefficient (Wildman–Crippen LogP) is 2.16. The molecule has 1 atom stereocenters. The van der Waals surface area contributed by atoms with Crippen molar-refractivity contribution in [3.8, 4) is 11.5 Å². The van der Waals surface area contributed by atoms with E-state index in [1.165, 1.54) is 25.3 Å². The van der Waals surface area contributed by atoms with E-state index in [0.717, 1.165) is 0 Å². The van der Waals surface area contributed by atoms with Crippen LogP contribution in [0.1, 0.15) is 17.3 Å². The van der Waals surface area contributed by atoms with E-state index in [2.05, 4.69) is 4.74 Å². The van der Waals surface area contributed by atoms with Gasteiger partial charge in [-0.1, -0.05) is 0 Å². The number of morpholine rings is 1. The molecule has 0 saturated carbocycles. The molecule has 0 aliphatic carbocycles. The van der Waals surface area contributed by atoms with Crippen molar-refractivity contribution < 1.29 is 27.8 Å². The molecule has 0 radical (unpaired) electrons. The van der Waals surface area contributed by atoms with E-state index in [1.807, 2.05) is 6.92 Å². The smallest absolute Gasteiger partial charge is 0.387 e. The summed E-state index contributed by atoms with van der Waals surface area (Å²) in [7, 11) is 1.33. The van der Waals surface area contributed by atoms with Gasteiger partial charge in [0.05, 0.1) is 19.8 Å². The van der Waals surface area contributed by atoms with Crippen LogP contribution in [0, 0.1) is 0 Å². The average Bonchev–Trinajstić information content (AvgIpc) is 2.46. The van der Waals surface area contributed by atoms with Crippen LogP contribution < -0.4 is 9.47 Å². The summed E-state index contributed by atoms with van der Waals surface area (Å²) < 4.78 is 39.2. The molecule has 1 fully saturated rings. The number of benzene rings is 1. The van der Waals surface area contributed by atoms with Gasteiger partial charge in [0.15, 0.2) is 11.5 Å². The number of nitrogens with zero attached hydrogens (tertiary/aromatic N) is 1. The first kappa shape index (κ1) is 15.5. The molecule has 1 aliphatic heterocycles. The number of amides is 1. The number of alkyl halides is 2. The van der Waals surface area contributed by atoms with Gasteiger partial charge >= 0.3 is 6.61 Å². The maximum absolute atomic E-state index is 12.4. The van der Waals surface area contributed by atoms with Crippen LogP contribution in [0.5, 0.6) is 11.5 Å². The number of rotatable bonds is 4. The summed E-state index contributed by atoms with van der Waals surface area (Å²) in [6, 6.07) is 4.16. The zero-order valence-electron chi connectivity index (χ0n) is 11.8. The molecule has 2 rings (SSSR count). The van der Waals surface area contributed by atoms with Crippen molar-refractivity contribution in [1.29, 1.82) is 0 Å². The molecule has 1 amide bonds. The first-order valence-corrected chi connectivity index (χ1v) is 6.55. The first-order chi connectivity index (χ1) is 10.0. The van der Waals surface area contributed by atoms with Gasteiger partial charge in [0, 0.05) is 18.7 Å². The van der Waals surface area contributed by atoms with Gasteiger partial charge in [0.1, 0.15) is 0 Å². The summed E-state index contributed by atoms with van der Waals surface area (Å²) in [6.45, 7) is 0.425. The third-order valence-electron chi connectivity index (χ3n) is 3.15. The molecule has 5 nitrogen and oxygen atoms in total. The number of ether oxygens (including phenoxy) is 3. The monoisotopic (exact) mass is 301 g/mol. The maximum atomic E-state index is 12.4. The zero-order valence-corrected chi connectivity index (χ0v) is 11.8. The summed E-state index contributed by atoms with van der Waals surface area (Å²) in [4.78, 5) is 14.0. The molecule has 1 saturated heterocycles. The number of hydrogen-bond acceptors (Lipinski definition) is 4. The Balaban J connectivity index is 2.17. The largest absolute Gasteiger partial charge is 0.493 e. The highest BCUT2D eigenvalue weighted by Gasteiger charge is 2.23. The van der Waals surface area contributed by atoms with Crippen molar-refractivity contribution in [2.24, 2.45) is 0 Å². The van der Waals surface area contributed by atoms with Crippen molar-refractivity contribution in [2.75, 3.05) is 26.8 Å². The van der Waals surface area contributed by atoms with Gasteiger partial charge in [-0.15, -0.1) is 0 Å². The van der Waals surface area contributed by atoms with Crippen molar-refractivity contribution in [3.63, 3.8) is 0 Å². The Bertz CT molecular complexity index is 510. The fourth-order valence-corrected chi connectivity index (χ4v) is 2.18. The highest BCUT2D eigenvalue weighted by molar-refractivity contribution is 5.95. The molecule has 116 valence electrons. The standard InChI is InChI=1S/C14H17F2NO4/c1-9-8-17(5-6-20-9)13(18)10-3-4-11(21-14(15)16)12(7-10)19-2/h3-4,7,9,14H,5-6,8H2,1-2H3. The number of carbonyl (C=O) groups is 1. The van der Waals surface area contributed by atoms with Crippen LogP contribution >= 0.6 is 0 Å². The third-order valence-corrected chi connectivity index (χ3v) is 3.15. The Morgan fingerprint density at radius 3 is 2.81 bits per heavy atom. The van der Waals surface area contributed by atoms with Crippen LogP contribution in [0.25, 0.3) is 0 Å². The quantitative estimate of drug-likeness (QED) is 0.855. The van der Waals surface area contributed by atoms with E-state index in [4.69, 9.17) is 9.47 Å². The lowest BCUT2D eigenvalue weighted by molar-refractivity contribution is -0.0512. The van der Waals surface area contributed by atoms with E-state index in [1.54, 1.807) is 4.90 Å². The minimum absolute atomic E-state index is 0.0222. The second-order valence-corrected chi connectivity index (χ2v) is 4.68. The van der Waals surface area contributed by atoms with E-state index in [0.29, 0.717) is 25.3 Å². The summed E-state index contributed by atoms with van der Waals surface area (Å²) in [5.74, 6) is -0.186. The molecular formula is C14H17F2NO4. The van der Waals surface area contributed by atoms with Crippen LogP contribution in [-0.2, 0) is 4.74 Å². The fourth-order valence-electron chi connectivity index (χ4n) is 2.18. The van der Waals surface area contributed by atoms with Crippen LogP contribution in [0.4, 0.5) is 8.78 Å². The van der Waals surface area contributed by atoms with Crippen LogP contribution in [-0.4, -0.2) is 50.3 Å². The van der Waals surface area contributed by atoms with Crippen molar-refractivity contribution >= 4 is 5.91 Å². The molecule has 7 heteroatoms. The Kier molecular flexibility index (Phi) is 4.95. The second kappa shape index (κ2) is 6.71. The Morgan fingerprint density at radius 1 is 1.43 bits per heavy atom. The Labute approximate surface area is 121 Å². The Hall–Kier alpha value is -1.89. The highest BCUT2D eigenvalue weighted by Crippen LogP contribution is 2.30. The lowest BCUT2D eigenvalue weighted by Crippen LogP contribution is -2.44. The lowest BCUT2D eigenvalue weighted by atomic mass is 10.1. The van der Waals surface area contributed by atoms with E-state index in [9.17, 15) is 13.6 Å². The van der Waals surface area contributed by atoms with Gasteiger partial charge in [-0.25, -0.2) is 0 Å². The van der Waals surface area contributed by atoms with Gasteiger partial charge in [-0.05, 0) is 25.1 Å². The topological polar surface area (TPSA) is 48.0 Å². The summed E-state index contributed by atoms with van der Waals surface area (Å²) in [5, 5.41) is 0. The molecule has 1 aromatic carbocycles. The fraction of sp³-hybridized carbons (Fsp3) is 0.500. The third kappa shape index (κ3) is 3.81. The average molecular weight is 301 g/mol. The number of methoxy groups -OCH3 is 1. The molecule has 0 spiro atoms. The second-order valence-electron chi connectivity index (χ2n) is 4.68. The van der Waals surface area contributed by atoms with Gasteiger partial charge in [0.25, 0.3) is 5.91 Å². The Morgan fingerprint density at radius 2 is 2.19 bits per heavy atom. The first-order valence-electron chi connectivity index (χ1n) is 6.55. The maximum Gasteiger partial charge on any atom is 0.387 e. The molecule has 1 aromatic rings. The minimum Gasteiger partial charge on any atom is -0.493 e. The molecule has 0 N–H and O–H groups in total. The lowest BCUT2D eigenvalue weighted by Gasteiger charge is -2.31. The zero-order chi connectivity index (χ0) is 15.4. The number of hydrogen-bond donors (Lipinski definition) is 0. The molecule has 0 aromatic heterocycles. The SMILES string of the molecule is COc1cc(C(=O)N2CCOC(C)C2)ccc1OC(F)F. The number of halogens is 2. The van der Waals surface area contributed by atoms with Gasteiger partial charge in [-0.3, -0.25) is 4.79 Å². The summed E-state index contributed by atoms with van der Waals surface area (Å²) in [6.07, 6.45) is -0.0222. The molecular weight excluding hydrogens is 284 g/mol. The molecule has 1 unspecified atom stereocenters. The minimum atomic E-state index is -2.94. The normalized spacial score (nSPS) is 18.7. The predicted molar refractivity (Wildman–Crippen MR) is 70.9 cm³/mol. The summed E-state index contributed by atoms with van der Waals surface area (Å²) in [5.41, 5.74) is 0.363. The van der Waals surface area contributed by atoms with Crippen molar-refractivity contribution in [3.05, 3.63) is 23.8 Å². The van der Waals surface area contributed by atoms with Gasteiger partial charge in [-0.2, -0.15) is 8.78 Å².